The Labute approximate surface area is 121 Å². The van der Waals surface area contributed by atoms with Gasteiger partial charge in [-0.3, -0.25) is 0 Å². The fraction of sp³-hybridized carbons (Fsp3) is 0.235. The van der Waals surface area contributed by atoms with E-state index in [1.54, 1.807) is 12.1 Å². The summed E-state index contributed by atoms with van der Waals surface area (Å²) in [5, 5.41) is 1.45. The van der Waals surface area contributed by atoms with E-state index in [0.717, 1.165) is 5.56 Å². The fourth-order valence-corrected chi connectivity index (χ4v) is 3.25. The molecule has 0 aliphatic rings. The van der Waals surface area contributed by atoms with Gasteiger partial charge in [-0.15, -0.1) is 0 Å². The number of benzene rings is 2. The molecule has 20 heavy (non-hydrogen) atoms. The second kappa shape index (κ2) is 5.63. The first kappa shape index (κ1) is 14.5. The van der Waals surface area contributed by atoms with Crippen LogP contribution < -0.4 is 5.19 Å². The van der Waals surface area contributed by atoms with Crippen LogP contribution in [-0.4, -0.2) is 21.2 Å². The van der Waals surface area contributed by atoms with Gasteiger partial charge in [0.05, 0.1) is 20.7 Å². The van der Waals surface area contributed by atoms with E-state index in [9.17, 15) is 4.79 Å². The minimum atomic E-state index is -1.25. The third kappa shape index (κ3) is 3.17. The van der Waals surface area contributed by atoms with Gasteiger partial charge in [-0.2, -0.15) is 0 Å². The van der Waals surface area contributed by atoms with Crippen molar-refractivity contribution < 1.29 is 9.53 Å². The van der Waals surface area contributed by atoms with Gasteiger partial charge in [-0.1, -0.05) is 61.2 Å². The molecule has 0 N–H and O–H groups in total. The molecule has 0 bridgehead atoms. The lowest BCUT2D eigenvalue weighted by atomic mass is 10.0. The third-order valence-corrected chi connectivity index (χ3v) is 5.46. The highest BCUT2D eigenvalue weighted by atomic mass is 28.3. The Morgan fingerprint density at radius 3 is 1.70 bits per heavy atom. The first-order valence-corrected chi connectivity index (χ1v) is 10.2. The number of hydrogen-bond donors (Lipinski definition) is 0. The maximum absolute atomic E-state index is 11.4. The molecular weight excluding hydrogens is 264 g/mol. The van der Waals surface area contributed by atoms with Crippen LogP contribution in [0.4, 0.5) is 0 Å². The van der Waals surface area contributed by atoms with Gasteiger partial charge in [0.1, 0.15) is 0 Å². The van der Waals surface area contributed by atoms with Crippen molar-refractivity contribution in [1.82, 2.24) is 0 Å². The molecule has 0 saturated heterocycles. The van der Waals surface area contributed by atoms with Crippen molar-refractivity contribution in [3.63, 3.8) is 0 Å². The molecule has 2 nitrogen and oxygen atoms in total. The fourth-order valence-electron chi connectivity index (χ4n) is 2.08. The number of carbonyl (C=O) groups is 1. The molecule has 3 heteroatoms. The van der Waals surface area contributed by atoms with Crippen LogP contribution in [0.1, 0.15) is 10.4 Å². The summed E-state index contributed by atoms with van der Waals surface area (Å²) in [6.07, 6.45) is 0. The summed E-state index contributed by atoms with van der Waals surface area (Å²) in [5.41, 5.74) is 2.86. The Kier molecular flexibility index (Phi) is 4.09. The van der Waals surface area contributed by atoms with E-state index in [0.29, 0.717) is 5.56 Å². The highest BCUT2D eigenvalue weighted by Crippen LogP contribution is 2.19. The molecule has 0 aliphatic heterocycles. The van der Waals surface area contributed by atoms with Crippen molar-refractivity contribution in [3.05, 3.63) is 54.1 Å². The van der Waals surface area contributed by atoms with Crippen molar-refractivity contribution in [3.8, 4) is 11.1 Å². The minimum absolute atomic E-state index is 0.300. The zero-order valence-corrected chi connectivity index (χ0v) is 13.4. The summed E-state index contributed by atoms with van der Waals surface area (Å²) >= 11 is 0. The van der Waals surface area contributed by atoms with E-state index in [2.05, 4.69) is 43.9 Å². The molecule has 0 fully saturated rings. The molecule has 0 saturated carbocycles. The first-order valence-electron chi connectivity index (χ1n) is 6.71. The Balaban J connectivity index is 2.26. The normalized spacial score (nSPS) is 11.2. The summed E-state index contributed by atoms with van der Waals surface area (Å²) in [7, 11) is 0.147. The molecule has 104 valence electrons. The quantitative estimate of drug-likeness (QED) is 0.635. The number of carbonyl (C=O) groups excluding carboxylic acids is 1. The number of rotatable bonds is 3. The highest BCUT2D eigenvalue weighted by molar-refractivity contribution is 6.88. The van der Waals surface area contributed by atoms with E-state index < -0.39 is 8.07 Å². The predicted molar refractivity (Wildman–Crippen MR) is 86.2 cm³/mol. The lowest BCUT2D eigenvalue weighted by Gasteiger charge is -2.16. The first-order chi connectivity index (χ1) is 9.41. The molecule has 0 radical (unpaired) electrons. The molecule has 0 unspecified atom stereocenters. The Morgan fingerprint density at radius 1 is 0.850 bits per heavy atom. The van der Waals surface area contributed by atoms with Crippen LogP contribution in [0.2, 0.25) is 19.6 Å². The number of esters is 1. The van der Waals surface area contributed by atoms with E-state index >= 15 is 0 Å². The van der Waals surface area contributed by atoms with Crippen molar-refractivity contribution in [1.29, 1.82) is 0 Å². The van der Waals surface area contributed by atoms with Gasteiger partial charge in [-0.05, 0) is 23.3 Å². The summed E-state index contributed by atoms with van der Waals surface area (Å²) in [6, 6.07) is 16.2. The second-order valence-corrected chi connectivity index (χ2v) is 11.0. The van der Waals surface area contributed by atoms with Gasteiger partial charge in [0.2, 0.25) is 0 Å². The summed E-state index contributed by atoms with van der Waals surface area (Å²) in [4.78, 5) is 11.4. The molecule has 0 aromatic heterocycles. The highest BCUT2D eigenvalue weighted by Gasteiger charge is 2.15. The zero-order valence-electron chi connectivity index (χ0n) is 12.4. The van der Waals surface area contributed by atoms with Crippen molar-refractivity contribution in [2.45, 2.75) is 19.6 Å². The molecule has 2 aromatic carbocycles. The monoisotopic (exact) mass is 284 g/mol. The van der Waals surface area contributed by atoms with Gasteiger partial charge in [0, 0.05) is 0 Å². The molecule has 0 heterocycles. The lowest BCUT2D eigenvalue weighted by Crippen LogP contribution is -2.37. The molecule has 0 amide bonds. The van der Waals surface area contributed by atoms with Crippen molar-refractivity contribution in [2.24, 2.45) is 0 Å². The Bertz CT molecular complexity index is 592. The van der Waals surface area contributed by atoms with Gasteiger partial charge in [0.15, 0.2) is 0 Å². The van der Waals surface area contributed by atoms with Crippen LogP contribution in [-0.2, 0) is 4.74 Å². The van der Waals surface area contributed by atoms with Crippen molar-refractivity contribution in [2.75, 3.05) is 7.11 Å². The van der Waals surface area contributed by atoms with Gasteiger partial charge in [0.25, 0.3) is 0 Å². The number of ether oxygens (including phenoxy) is 1. The molecular formula is C17H20O2Si. The molecule has 2 rings (SSSR count). The molecule has 0 atom stereocenters. The molecule has 2 aromatic rings. The Hall–Kier alpha value is -1.87. The smallest absolute Gasteiger partial charge is 0.337 e. The van der Waals surface area contributed by atoms with E-state index in [4.69, 9.17) is 4.74 Å². The SMILES string of the molecule is COC(=O)c1ccc(-c2ccc([Si](C)(C)C)cc2)cc1. The van der Waals surface area contributed by atoms with E-state index in [1.807, 2.05) is 12.1 Å². The largest absolute Gasteiger partial charge is 0.465 e. The van der Waals surface area contributed by atoms with E-state index in [1.165, 1.54) is 17.9 Å². The van der Waals surface area contributed by atoms with E-state index in [-0.39, 0.29) is 5.97 Å². The van der Waals surface area contributed by atoms with Gasteiger partial charge < -0.3 is 4.74 Å². The van der Waals surface area contributed by atoms with Crippen molar-refractivity contribution >= 4 is 19.2 Å². The average Bonchev–Trinajstić information content (AvgIpc) is 2.46. The van der Waals surface area contributed by atoms with Crippen LogP contribution in [0, 0.1) is 0 Å². The van der Waals surface area contributed by atoms with Gasteiger partial charge >= 0.3 is 5.97 Å². The number of hydrogen-bond acceptors (Lipinski definition) is 2. The maximum atomic E-state index is 11.4. The van der Waals surface area contributed by atoms with Gasteiger partial charge in [-0.25, -0.2) is 4.79 Å². The lowest BCUT2D eigenvalue weighted by molar-refractivity contribution is 0.0601. The summed E-state index contributed by atoms with van der Waals surface area (Å²) in [5.74, 6) is -0.300. The molecule has 0 aliphatic carbocycles. The average molecular weight is 284 g/mol. The summed E-state index contributed by atoms with van der Waals surface area (Å²) in [6.45, 7) is 7.02. The van der Waals surface area contributed by atoms with Crippen LogP contribution in [0.5, 0.6) is 0 Å². The van der Waals surface area contributed by atoms with Crippen LogP contribution in [0.25, 0.3) is 11.1 Å². The summed E-state index contributed by atoms with van der Waals surface area (Å²) < 4.78 is 4.70. The predicted octanol–water partition coefficient (Wildman–Crippen LogP) is 3.69. The van der Waals surface area contributed by atoms with Crippen LogP contribution in [0.3, 0.4) is 0 Å². The number of methoxy groups -OCH3 is 1. The third-order valence-electron chi connectivity index (χ3n) is 3.39. The topological polar surface area (TPSA) is 26.3 Å². The molecule has 0 spiro atoms. The standard InChI is InChI=1S/C17H20O2Si/c1-19-17(18)15-7-5-13(6-8-15)14-9-11-16(12-10-14)20(2,3)4/h5-12H,1-4H3. The minimum Gasteiger partial charge on any atom is -0.465 e. The van der Waals surface area contributed by atoms with Crippen LogP contribution in [0.15, 0.2) is 48.5 Å². The zero-order chi connectivity index (χ0) is 14.8. The van der Waals surface area contributed by atoms with Crippen LogP contribution >= 0.6 is 0 Å². The Morgan fingerprint density at radius 2 is 1.30 bits per heavy atom. The maximum Gasteiger partial charge on any atom is 0.337 e. The second-order valence-electron chi connectivity index (χ2n) is 5.90.